The molecule has 2 aliphatic heterocycles. The Morgan fingerprint density at radius 2 is 1.85 bits per heavy atom. The summed E-state index contributed by atoms with van der Waals surface area (Å²) in [4.78, 5) is 14.7. The third kappa shape index (κ3) is 3.83. The van der Waals surface area contributed by atoms with Crippen molar-refractivity contribution in [1.82, 2.24) is 9.21 Å². The van der Waals surface area contributed by atoms with Crippen LogP contribution in [-0.4, -0.2) is 48.7 Å². The third-order valence-corrected chi connectivity index (χ3v) is 7.78. The fourth-order valence-electron chi connectivity index (χ4n) is 4.40. The molecule has 2 fully saturated rings. The normalized spacial score (nSPS) is 24.6. The molecule has 5 nitrogen and oxygen atoms in total. The zero-order chi connectivity index (χ0) is 19.7. The average molecular weight is 391 g/mol. The van der Waals surface area contributed by atoms with E-state index >= 15 is 0 Å². The standard InChI is InChI=1S/C21H30N2O3S/c1-4-14-23-20(24)7-5-12-21(23)13-6-15-22(16-21)27(25,26)19-10-8-18(9-11-19)17(2)3/h4,8-11,17H,1,5-7,12-16H2,2-3H3. The lowest BCUT2D eigenvalue weighted by Crippen LogP contribution is -2.63. The number of benzene rings is 1. The Hall–Kier alpha value is -1.66. The van der Waals surface area contributed by atoms with E-state index in [1.54, 1.807) is 22.5 Å². The number of hydrogen-bond acceptors (Lipinski definition) is 3. The maximum atomic E-state index is 13.2. The number of carbonyl (C=O) groups excluding carboxylic acids is 1. The Morgan fingerprint density at radius 3 is 2.48 bits per heavy atom. The highest BCUT2D eigenvalue weighted by Gasteiger charge is 2.47. The van der Waals surface area contributed by atoms with Gasteiger partial charge in [0.2, 0.25) is 15.9 Å². The molecule has 2 aliphatic rings. The predicted octanol–water partition coefficient (Wildman–Crippen LogP) is 3.53. The first kappa shape index (κ1) is 20.1. The van der Waals surface area contributed by atoms with Crippen molar-refractivity contribution < 1.29 is 13.2 Å². The van der Waals surface area contributed by atoms with Crippen molar-refractivity contribution >= 4 is 15.9 Å². The molecule has 1 aromatic rings. The second kappa shape index (κ2) is 7.76. The van der Waals surface area contributed by atoms with E-state index in [1.165, 1.54) is 0 Å². The molecule has 0 bridgehead atoms. The summed E-state index contributed by atoms with van der Waals surface area (Å²) in [5, 5.41) is 0. The molecule has 1 aromatic carbocycles. The highest BCUT2D eigenvalue weighted by Crippen LogP contribution is 2.38. The summed E-state index contributed by atoms with van der Waals surface area (Å²) in [6, 6.07) is 7.20. The number of piperidine rings is 2. The largest absolute Gasteiger partial charge is 0.332 e. The Kier molecular flexibility index (Phi) is 5.77. The summed E-state index contributed by atoms with van der Waals surface area (Å²) >= 11 is 0. The fourth-order valence-corrected chi connectivity index (χ4v) is 5.96. The Bertz CT molecular complexity index is 797. The van der Waals surface area contributed by atoms with Gasteiger partial charge in [-0.2, -0.15) is 4.31 Å². The van der Waals surface area contributed by atoms with Gasteiger partial charge in [0, 0.05) is 26.1 Å². The highest BCUT2D eigenvalue weighted by atomic mass is 32.2. The molecule has 1 unspecified atom stereocenters. The van der Waals surface area contributed by atoms with Crippen LogP contribution in [0.25, 0.3) is 0 Å². The van der Waals surface area contributed by atoms with Crippen molar-refractivity contribution in [2.75, 3.05) is 19.6 Å². The van der Waals surface area contributed by atoms with Gasteiger partial charge in [-0.1, -0.05) is 32.1 Å². The molecule has 2 heterocycles. The van der Waals surface area contributed by atoms with Gasteiger partial charge in [-0.05, 0) is 49.3 Å². The monoisotopic (exact) mass is 390 g/mol. The van der Waals surface area contributed by atoms with Gasteiger partial charge in [-0.3, -0.25) is 4.79 Å². The molecule has 1 atom stereocenters. The van der Waals surface area contributed by atoms with Gasteiger partial charge in [0.25, 0.3) is 0 Å². The quantitative estimate of drug-likeness (QED) is 0.723. The first-order valence-corrected chi connectivity index (χ1v) is 11.3. The maximum absolute atomic E-state index is 13.2. The summed E-state index contributed by atoms with van der Waals surface area (Å²) in [5.41, 5.74) is 0.728. The van der Waals surface area contributed by atoms with Crippen LogP contribution in [0.5, 0.6) is 0 Å². The molecule has 0 aliphatic carbocycles. The molecule has 0 N–H and O–H groups in total. The van der Waals surface area contributed by atoms with Crippen LogP contribution in [-0.2, 0) is 14.8 Å². The zero-order valence-electron chi connectivity index (χ0n) is 16.4. The number of amides is 1. The number of likely N-dealkylation sites (tertiary alicyclic amines) is 1. The van der Waals surface area contributed by atoms with Crippen LogP contribution in [0.1, 0.15) is 57.4 Å². The fraction of sp³-hybridized carbons (Fsp3) is 0.571. The van der Waals surface area contributed by atoms with E-state index in [1.807, 2.05) is 17.0 Å². The van der Waals surface area contributed by atoms with Gasteiger partial charge >= 0.3 is 0 Å². The van der Waals surface area contributed by atoms with Gasteiger partial charge in [-0.15, -0.1) is 6.58 Å². The molecule has 6 heteroatoms. The number of nitrogens with zero attached hydrogens (tertiary/aromatic N) is 2. The molecular weight excluding hydrogens is 360 g/mol. The maximum Gasteiger partial charge on any atom is 0.243 e. The molecule has 0 aromatic heterocycles. The first-order valence-electron chi connectivity index (χ1n) is 9.82. The van der Waals surface area contributed by atoms with E-state index in [4.69, 9.17) is 0 Å². The molecule has 2 saturated heterocycles. The van der Waals surface area contributed by atoms with Crippen LogP contribution in [0.3, 0.4) is 0 Å². The zero-order valence-corrected chi connectivity index (χ0v) is 17.2. The van der Waals surface area contributed by atoms with E-state index in [9.17, 15) is 13.2 Å². The van der Waals surface area contributed by atoms with Gasteiger partial charge in [0.05, 0.1) is 10.4 Å². The van der Waals surface area contributed by atoms with Crippen LogP contribution in [0, 0.1) is 0 Å². The van der Waals surface area contributed by atoms with E-state index in [0.717, 1.165) is 31.2 Å². The van der Waals surface area contributed by atoms with Gasteiger partial charge in [-0.25, -0.2) is 8.42 Å². The van der Waals surface area contributed by atoms with Crippen LogP contribution in [0.15, 0.2) is 41.8 Å². The summed E-state index contributed by atoms with van der Waals surface area (Å²) in [7, 11) is -3.57. The summed E-state index contributed by atoms with van der Waals surface area (Å²) in [5.74, 6) is 0.474. The van der Waals surface area contributed by atoms with Crippen molar-refractivity contribution in [2.24, 2.45) is 0 Å². The molecule has 27 heavy (non-hydrogen) atoms. The van der Waals surface area contributed by atoms with Gasteiger partial charge in [0.1, 0.15) is 0 Å². The van der Waals surface area contributed by atoms with Crippen LogP contribution in [0.2, 0.25) is 0 Å². The Morgan fingerprint density at radius 1 is 1.19 bits per heavy atom. The Balaban J connectivity index is 1.88. The lowest BCUT2D eigenvalue weighted by Gasteiger charge is -2.51. The van der Waals surface area contributed by atoms with Crippen molar-refractivity contribution in [1.29, 1.82) is 0 Å². The van der Waals surface area contributed by atoms with Crippen molar-refractivity contribution in [3.63, 3.8) is 0 Å². The lowest BCUT2D eigenvalue weighted by molar-refractivity contribution is -0.143. The van der Waals surface area contributed by atoms with Crippen LogP contribution < -0.4 is 0 Å². The van der Waals surface area contributed by atoms with Crippen molar-refractivity contribution in [2.45, 2.75) is 62.3 Å². The predicted molar refractivity (Wildman–Crippen MR) is 107 cm³/mol. The number of carbonyl (C=O) groups is 1. The SMILES string of the molecule is C=CCN1C(=O)CCCC12CCCN(S(=O)(=O)c1ccc(C(C)C)cc1)C2. The van der Waals surface area contributed by atoms with E-state index in [-0.39, 0.29) is 5.91 Å². The molecule has 3 rings (SSSR count). The molecule has 0 radical (unpaired) electrons. The van der Waals surface area contributed by atoms with E-state index in [0.29, 0.717) is 36.9 Å². The second-order valence-electron chi connectivity index (χ2n) is 8.04. The second-order valence-corrected chi connectivity index (χ2v) is 9.97. The lowest BCUT2D eigenvalue weighted by atomic mass is 9.80. The van der Waals surface area contributed by atoms with Crippen LogP contribution in [0.4, 0.5) is 0 Å². The minimum Gasteiger partial charge on any atom is -0.332 e. The number of hydrogen-bond donors (Lipinski definition) is 0. The van der Waals surface area contributed by atoms with Gasteiger partial charge in [0.15, 0.2) is 0 Å². The summed E-state index contributed by atoms with van der Waals surface area (Å²) < 4.78 is 28.1. The molecule has 0 saturated carbocycles. The summed E-state index contributed by atoms with van der Waals surface area (Å²) in [6.07, 6.45) is 5.57. The summed E-state index contributed by atoms with van der Waals surface area (Å²) in [6.45, 7) is 9.32. The van der Waals surface area contributed by atoms with Gasteiger partial charge < -0.3 is 4.90 Å². The minimum absolute atomic E-state index is 0.113. The van der Waals surface area contributed by atoms with E-state index in [2.05, 4.69) is 20.4 Å². The molecule has 1 amide bonds. The highest BCUT2D eigenvalue weighted by molar-refractivity contribution is 7.89. The topological polar surface area (TPSA) is 57.7 Å². The number of rotatable bonds is 5. The molecule has 148 valence electrons. The van der Waals surface area contributed by atoms with E-state index < -0.39 is 15.6 Å². The number of sulfonamides is 1. The molecular formula is C21H30N2O3S. The van der Waals surface area contributed by atoms with Crippen LogP contribution >= 0.6 is 0 Å². The minimum atomic E-state index is -3.57. The smallest absolute Gasteiger partial charge is 0.243 e. The third-order valence-electron chi connectivity index (χ3n) is 5.92. The average Bonchev–Trinajstić information content (AvgIpc) is 2.65. The Labute approximate surface area is 163 Å². The first-order chi connectivity index (χ1) is 12.8. The van der Waals surface area contributed by atoms with Crippen molar-refractivity contribution in [3.8, 4) is 0 Å². The van der Waals surface area contributed by atoms with Crippen molar-refractivity contribution in [3.05, 3.63) is 42.5 Å². The molecule has 1 spiro atoms.